The van der Waals surface area contributed by atoms with E-state index in [9.17, 15) is 9.59 Å². The van der Waals surface area contributed by atoms with Gasteiger partial charge < -0.3 is 10.5 Å². The number of anilines is 1. The summed E-state index contributed by atoms with van der Waals surface area (Å²) in [5.74, 6) is -0.0773. The summed E-state index contributed by atoms with van der Waals surface area (Å²) in [4.78, 5) is 28.7. The van der Waals surface area contributed by atoms with E-state index in [1.54, 1.807) is 24.9 Å². The monoisotopic (exact) mass is 369 g/mol. The van der Waals surface area contributed by atoms with E-state index >= 15 is 0 Å². The van der Waals surface area contributed by atoms with Crippen LogP contribution in [0, 0.1) is 0 Å². The van der Waals surface area contributed by atoms with Gasteiger partial charge in [-0.05, 0) is 28.9 Å². The van der Waals surface area contributed by atoms with Crippen molar-refractivity contribution < 1.29 is 14.3 Å². The van der Waals surface area contributed by atoms with E-state index < -0.39 is 12.0 Å². The Morgan fingerprint density at radius 2 is 2.23 bits per heavy atom. The third-order valence-electron chi connectivity index (χ3n) is 3.01. The Hall–Kier alpha value is -2.16. The lowest BCUT2D eigenvalue weighted by molar-refractivity contribution is -0.142. The van der Waals surface area contributed by atoms with Gasteiger partial charge in [0.1, 0.15) is 5.52 Å². The minimum Gasteiger partial charge on any atom is -0.466 e. The van der Waals surface area contributed by atoms with E-state index in [0.29, 0.717) is 11.3 Å². The largest absolute Gasteiger partial charge is 0.466 e. The highest BCUT2D eigenvalue weighted by molar-refractivity contribution is 9.10. The molecule has 0 saturated heterocycles. The average Bonchev–Trinajstić information content (AvgIpc) is 2.76. The lowest BCUT2D eigenvalue weighted by Crippen LogP contribution is -2.38. The van der Waals surface area contributed by atoms with Gasteiger partial charge in [-0.15, -0.1) is 0 Å². The molecule has 2 heterocycles. The van der Waals surface area contributed by atoms with E-state index in [0.717, 1.165) is 9.99 Å². The summed E-state index contributed by atoms with van der Waals surface area (Å²) in [6.45, 7) is 2.09. The van der Waals surface area contributed by atoms with Crippen LogP contribution in [0.5, 0.6) is 0 Å². The van der Waals surface area contributed by atoms with Gasteiger partial charge in [0.25, 0.3) is 0 Å². The van der Waals surface area contributed by atoms with Crippen molar-refractivity contribution in [3.8, 4) is 0 Å². The minimum absolute atomic E-state index is 0.0331. The number of ether oxygens (including phenoxy) is 1. The lowest BCUT2D eigenvalue weighted by Gasteiger charge is -2.17. The lowest BCUT2D eigenvalue weighted by atomic mass is 10.3. The summed E-state index contributed by atoms with van der Waals surface area (Å²) in [7, 11) is 1.74. The number of nitrogens with zero attached hydrogens (tertiary/aromatic N) is 4. The van der Waals surface area contributed by atoms with Crippen molar-refractivity contribution in [3.63, 3.8) is 0 Å². The topological polar surface area (TPSA) is 103 Å². The number of carbonyl (C=O) groups is 2. The predicted octanol–water partition coefficient (Wildman–Crippen LogP) is 1.57. The van der Waals surface area contributed by atoms with Gasteiger partial charge in [-0.3, -0.25) is 14.4 Å². The molecule has 0 aromatic carbocycles. The molecule has 2 aromatic heterocycles. The molecule has 0 radical (unpaired) electrons. The number of primary amides is 1. The number of fused-ring (bicyclic) bond motifs is 1. The normalized spacial score (nSPS) is 10.7. The van der Waals surface area contributed by atoms with E-state index in [1.807, 2.05) is 6.07 Å². The molecular formula is C13H16BrN5O3. The summed E-state index contributed by atoms with van der Waals surface area (Å²) >= 11 is 3.34. The maximum atomic E-state index is 11.7. The Balaban J connectivity index is 2.33. The third-order valence-corrected chi connectivity index (χ3v) is 3.44. The second kappa shape index (κ2) is 6.73. The zero-order valence-electron chi connectivity index (χ0n) is 12.2. The first-order valence-corrected chi connectivity index (χ1v) is 7.44. The molecule has 0 aliphatic rings. The van der Waals surface area contributed by atoms with Crippen LogP contribution in [0.25, 0.3) is 11.0 Å². The van der Waals surface area contributed by atoms with Gasteiger partial charge in [0.05, 0.1) is 18.5 Å². The number of amides is 2. The first-order valence-electron chi connectivity index (χ1n) is 6.65. The fraction of sp³-hybridized carbons (Fsp3) is 0.385. The summed E-state index contributed by atoms with van der Waals surface area (Å²) < 4.78 is 7.25. The molecule has 2 amide bonds. The van der Waals surface area contributed by atoms with E-state index in [2.05, 4.69) is 26.0 Å². The van der Waals surface area contributed by atoms with Gasteiger partial charge in [0.15, 0.2) is 5.82 Å². The summed E-state index contributed by atoms with van der Waals surface area (Å²) in [5, 5.41) is 4.28. The van der Waals surface area contributed by atoms with Crippen LogP contribution in [0.15, 0.2) is 16.7 Å². The molecule has 0 aliphatic carbocycles. The Labute approximate surface area is 135 Å². The molecule has 8 nitrogen and oxygen atoms in total. The first-order chi connectivity index (χ1) is 10.4. The van der Waals surface area contributed by atoms with Crippen LogP contribution in [0.3, 0.4) is 0 Å². The highest BCUT2D eigenvalue weighted by Gasteiger charge is 2.22. The molecule has 9 heteroatoms. The van der Waals surface area contributed by atoms with Crippen LogP contribution in [0.1, 0.15) is 13.3 Å². The maximum absolute atomic E-state index is 11.7. The number of halogens is 1. The number of hydrogen-bond donors (Lipinski definition) is 1. The molecule has 0 spiro atoms. The summed E-state index contributed by atoms with van der Waals surface area (Å²) in [6, 6.07) is 1.14. The number of hydrogen-bond acceptors (Lipinski definition) is 5. The molecule has 0 aliphatic heterocycles. The molecule has 22 heavy (non-hydrogen) atoms. The van der Waals surface area contributed by atoms with Crippen molar-refractivity contribution >= 4 is 44.8 Å². The summed E-state index contributed by atoms with van der Waals surface area (Å²) in [6.07, 6.45) is 1.64. The molecule has 2 aromatic rings. The van der Waals surface area contributed by atoms with Gasteiger partial charge in [-0.1, -0.05) is 0 Å². The number of urea groups is 1. The first kappa shape index (κ1) is 16.2. The van der Waals surface area contributed by atoms with Crippen LogP contribution in [-0.2, 0) is 16.6 Å². The molecule has 2 N–H and O–H groups in total. The van der Waals surface area contributed by atoms with Crippen molar-refractivity contribution in [2.24, 2.45) is 12.8 Å². The van der Waals surface area contributed by atoms with Crippen molar-refractivity contribution in [1.82, 2.24) is 14.8 Å². The second-order valence-corrected chi connectivity index (χ2v) is 5.43. The van der Waals surface area contributed by atoms with Crippen LogP contribution in [0.4, 0.5) is 10.6 Å². The van der Waals surface area contributed by atoms with Crippen LogP contribution in [-0.4, -0.2) is 39.9 Å². The smallest absolute Gasteiger partial charge is 0.320 e. The third kappa shape index (κ3) is 3.35. The van der Waals surface area contributed by atoms with E-state index in [4.69, 9.17) is 10.5 Å². The molecular weight excluding hydrogens is 354 g/mol. The van der Waals surface area contributed by atoms with Crippen molar-refractivity contribution in [2.45, 2.75) is 13.3 Å². The van der Waals surface area contributed by atoms with Gasteiger partial charge in [0, 0.05) is 24.3 Å². The zero-order valence-corrected chi connectivity index (χ0v) is 13.8. The number of pyridine rings is 1. The number of carbonyl (C=O) groups excluding carboxylic acids is 2. The Morgan fingerprint density at radius 1 is 1.50 bits per heavy atom. The van der Waals surface area contributed by atoms with Crippen molar-refractivity contribution in [2.75, 3.05) is 18.1 Å². The second-order valence-electron chi connectivity index (χ2n) is 4.51. The maximum Gasteiger partial charge on any atom is 0.320 e. The quantitative estimate of drug-likeness (QED) is 0.805. The fourth-order valence-corrected chi connectivity index (χ4v) is 2.35. The van der Waals surface area contributed by atoms with E-state index in [-0.39, 0.29) is 19.6 Å². The molecule has 0 bridgehead atoms. The standard InChI is InChI=1S/C13H16BrN5O3/c1-3-22-10(20)4-5-19(13(15)21)12-11-9(18(2)17-12)6-8(14)7-16-11/h6-7H,3-5H2,1-2H3,(H2,15,21). The Kier molecular flexibility index (Phi) is 4.96. The highest BCUT2D eigenvalue weighted by Crippen LogP contribution is 2.26. The van der Waals surface area contributed by atoms with Gasteiger partial charge in [-0.2, -0.15) is 5.10 Å². The zero-order chi connectivity index (χ0) is 16.3. The minimum atomic E-state index is -0.700. The number of aryl methyl sites for hydroxylation is 1. The predicted molar refractivity (Wildman–Crippen MR) is 84.4 cm³/mol. The van der Waals surface area contributed by atoms with Crippen LogP contribution in [0.2, 0.25) is 0 Å². The van der Waals surface area contributed by atoms with Crippen LogP contribution < -0.4 is 10.6 Å². The molecule has 118 valence electrons. The summed E-state index contributed by atoms with van der Waals surface area (Å²) in [5.41, 5.74) is 6.69. The van der Waals surface area contributed by atoms with Crippen molar-refractivity contribution in [1.29, 1.82) is 0 Å². The molecule has 0 saturated carbocycles. The molecule has 2 rings (SSSR count). The van der Waals surface area contributed by atoms with Gasteiger partial charge in [0.2, 0.25) is 0 Å². The Morgan fingerprint density at radius 3 is 2.86 bits per heavy atom. The number of esters is 1. The SMILES string of the molecule is CCOC(=O)CCN(C(N)=O)c1nn(C)c2cc(Br)cnc12. The van der Waals surface area contributed by atoms with Gasteiger partial charge in [-0.25, -0.2) is 9.78 Å². The Bertz CT molecular complexity index is 715. The van der Waals surface area contributed by atoms with Gasteiger partial charge >= 0.3 is 12.0 Å². The number of aromatic nitrogens is 3. The van der Waals surface area contributed by atoms with Crippen LogP contribution >= 0.6 is 15.9 Å². The fourth-order valence-electron chi connectivity index (χ4n) is 2.03. The number of nitrogens with two attached hydrogens (primary N) is 1. The molecule has 0 unspecified atom stereocenters. The number of rotatable bonds is 5. The highest BCUT2D eigenvalue weighted by atomic mass is 79.9. The molecule has 0 atom stereocenters. The molecule has 0 fully saturated rings. The van der Waals surface area contributed by atoms with E-state index in [1.165, 1.54) is 4.90 Å². The van der Waals surface area contributed by atoms with Crippen molar-refractivity contribution in [3.05, 3.63) is 16.7 Å². The average molecular weight is 370 g/mol.